The highest BCUT2D eigenvalue weighted by Crippen LogP contribution is 2.67. The molecule has 0 aromatic rings. The molecule has 1 heteroatoms. The van der Waals surface area contributed by atoms with E-state index in [1.54, 1.807) is 0 Å². The molecule has 0 radical (unpaired) electrons. The van der Waals surface area contributed by atoms with Gasteiger partial charge in [0.2, 0.25) is 0 Å². The highest BCUT2D eigenvalue weighted by molar-refractivity contribution is 6.01. The van der Waals surface area contributed by atoms with Gasteiger partial charge >= 0.3 is 0 Å². The second-order valence-corrected chi connectivity index (χ2v) is 4.79. The van der Waals surface area contributed by atoms with E-state index in [-0.39, 0.29) is 11.3 Å². The Morgan fingerprint density at radius 3 is 2.46 bits per heavy atom. The standard InChI is InChI=1S/C12H16O/c1-5-12-8(2)6-7-9(10(12)13)11(12,3)4/h5,9H,1-2,6-7H2,3-4H3/t9-,12+/m1/s1. The fraction of sp³-hybridized carbons (Fsp3) is 0.583. The molecular weight excluding hydrogens is 160 g/mol. The van der Waals surface area contributed by atoms with Crippen molar-refractivity contribution in [1.29, 1.82) is 0 Å². The van der Waals surface area contributed by atoms with Gasteiger partial charge in [0.05, 0.1) is 5.41 Å². The Bertz CT molecular complexity index is 301. The lowest BCUT2D eigenvalue weighted by molar-refractivity contribution is -0.164. The second-order valence-electron chi connectivity index (χ2n) is 4.79. The Balaban J connectivity index is 2.55. The van der Waals surface area contributed by atoms with Crippen molar-refractivity contribution in [3.63, 3.8) is 0 Å². The minimum absolute atomic E-state index is 0.0567. The van der Waals surface area contributed by atoms with Gasteiger partial charge in [-0.25, -0.2) is 0 Å². The lowest BCUT2D eigenvalue weighted by Gasteiger charge is -2.63. The molecule has 3 aliphatic rings. The molecule has 0 heterocycles. The number of hydrogen-bond donors (Lipinski definition) is 0. The first-order valence-electron chi connectivity index (χ1n) is 4.84. The molecule has 3 fully saturated rings. The van der Waals surface area contributed by atoms with Crippen LogP contribution in [0.5, 0.6) is 0 Å². The van der Waals surface area contributed by atoms with E-state index in [1.807, 2.05) is 6.08 Å². The molecule has 0 aromatic heterocycles. The molecule has 2 bridgehead atoms. The van der Waals surface area contributed by atoms with E-state index in [2.05, 4.69) is 27.0 Å². The van der Waals surface area contributed by atoms with Crippen LogP contribution in [0.15, 0.2) is 24.8 Å². The van der Waals surface area contributed by atoms with Crippen molar-refractivity contribution in [2.24, 2.45) is 16.7 Å². The number of carbonyl (C=O) groups is 1. The average Bonchev–Trinajstić information content (AvgIpc) is 2.04. The molecule has 13 heavy (non-hydrogen) atoms. The zero-order chi connectivity index (χ0) is 9.85. The predicted molar refractivity (Wildman–Crippen MR) is 53.3 cm³/mol. The van der Waals surface area contributed by atoms with Crippen molar-refractivity contribution in [2.45, 2.75) is 26.7 Å². The first-order valence-corrected chi connectivity index (χ1v) is 4.84. The van der Waals surface area contributed by atoms with E-state index in [9.17, 15) is 4.79 Å². The summed E-state index contributed by atoms with van der Waals surface area (Å²) in [6, 6.07) is 0. The van der Waals surface area contributed by atoms with Gasteiger partial charge in [0.15, 0.2) is 5.78 Å². The molecule has 0 N–H and O–H groups in total. The van der Waals surface area contributed by atoms with E-state index in [0.29, 0.717) is 5.78 Å². The van der Waals surface area contributed by atoms with Crippen LogP contribution in [-0.4, -0.2) is 5.78 Å². The van der Waals surface area contributed by atoms with Crippen molar-refractivity contribution in [3.8, 4) is 0 Å². The summed E-state index contributed by atoms with van der Waals surface area (Å²) in [6.45, 7) is 12.2. The third-order valence-electron chi connectivity index (χ3n) is 4.19. The Labute approximate surface area is 79.5 Å². The zero-order valence-electron chi connectivity index (χ0n) is 8.39. The highest BCUT2D eigenvalue weighted by atomic mass is 16.1. The normalized spacial score (nSPS) is 41.2. The Morgan fingerprint density at radius 2 is 2.15 bits per heavy atom. The van der Waals surface area contributed by atoms with Crippen LogP contribution >= 0.6 is 0 Å². The third kappa shape index (κ3) is 0.641. The summed E-state index contributed by atoms with van der Waals surface area (Å²) in [7, 11) is 0. The summed E-state index contributed by atoms with van der Waals surface area (Å²) in [6.07, 6.45) is 3.79. The second kappa shape index (κ2) is 2.14. The summed E-state index contributed by atoms with van der Waals surface area (Å²) in [5, 5.41) is 0. The number of rotatable bonds is 1. The number of Topliss-reactive ketones (excluding diaryl/α,β-unsaturated/α-hetero) is 1. The van der Waals surface area contributed by atoms with Crippen molar-refractivity contribution in [1.82, 2.24) is 0 Å². The maximum absolute atomic E-state index is 11.9. The summed E-state index contributed by atoms with van der Waals surface area (Å²) in [4.78, 5) is 11.9. The molecule has 70 valence electrons. The fourth-order valence-corrected chi connectivity index (χ4v) is 3.26. The van der Waals surface area contributed by atoms with Crippen LogP contribution in [0, 0.1) is 16.7 Å². The van der Waals surface area contributed by atoms with Gasteiger partial charge in [0, 0.05) is 5.92 Å². The van der Waals surface area contributed by atoms with Crippen LogP contribution in [0.2, 0.25) is 0 Å². The topological polar surface area (TPSA) is 17.1 Å². The number of ketones is 1. The molecular formula is C12H16O. The van der Waals surface area contributed by atoms with E-state index >= 15 is 0 Å². The van der Waals surface area contributed by atoms with Crippen molar-refractivity contribution < 1.29 is 4.79 Å². The Hall–Kier alpha value is -0.850. The van der Waals surface area contributed by atoms with Crippen LogP contribution in [0.3, 0.4) is 0 Å². The molecule has 0 unspecified atom stereocenters. The van der Waals surface area contributed by atoms with Gasteiger partial charge in [0.25, 0.3) is 0 Å². The maximum Gasteiger partial charge on any atom is 0.151 e. The van der Waals surface area contributed by atoms with Gasteiger partial charge in [0.1, 0.15) is 0 Å². The fourth-order valence-electron chi connectivity index (χ4n) is 3.26. The zero-order valence-corrected chi connectivity index (χ0v) is 8.39. The molecule has 3 aliphatic carbocycles. The summed E-state index contributed by atoms with van der Waals surface area (Å²) in [5.41, 5.74) is 0.733. The third-order valence-corrected chi connectivity index (χ3v) is 4.19. The Morgan fingerprint density at radius 1 is 1.54 bits per heavy atom. The van der Waals surface area contributed by atoms with E-state index in [1.165, 1.54) is 0 Å². The van der Waals surface area contributed by atoms with Crippen molar-refractivity contribution >= 4 is 5.78 Å². The molecule has 1 nitrogen and oxygen atoms in total. The first kappa shape index (κ1) is 8.74. The maximum atomic E-state index is 11.9. The van der Waals surface area contributed by atoms with Gasteiger partial charge < -0.3 is 0 Å². The van der Waals surface area contributed by atoms with Gasteiger partial charge in [-0.05, 0) is 18.3 Å². The molecule has 2 atom stereocenters. The van der Waals surface area contributed by atoms with Crippen molar-refractivity contribution in [2.75, 3.05) is 0 Å². The van der Waals surface area contributed by atoms with E-state index in [4.69, 9.17) is 0 Å². The first-order chi connectivity index (χ1) is 5.98. The molecule has 0 aromatic carbocycles. The highest BCUT2D eigenvalue weighted by Gasteiger charge is 2.68. The van der Waals surface area contributed by atoms with Gasteiger partial charge in [-0.2, -0.15) is 0 Å². The lowest BCUT2D eigenvalue weighted by Crippen LogP contribution is -2.66. The minimum Gasteiger partial charge on any atom is -0.298 e. The quantitative estimate of drug-likeness (QED) is 0.561. The van der Waals surface area contributed by atoms with Crippen LogP contribution in [-0.2, 0) is 4.79 Å². The van der Waals surface area contributed by atoms with Gasteiger partial charge in [-0.1, -0.05) is 32.1 Å². The van der Waals surface area contributed by atoms with Crippen LogP contribution < -0.4 is 0 Å². The summed E-state index contributed by atoms with van der Waals surface area (Å²) >= 11 is 0. The van der Waals surface area contributed by atoms with Crippen molar-refractivity contribution in [3.05, 3.63) is 24.8 Å². The van der Waals surface area contributed by atoms with Crippen LogP contribution in [0.1, 0.15) is 26.7 Å². The number of hydrogen-bond acceptors (Lipinski definition) is 1. The molecule has 0 spiro atoms. The predicted octanol–water partition coefficient (Wildman–Crippen LogP) is 2.73. The van der Waals surface area contributed by atoms with E-state index < -0.39 is 5.41 Å². The molecule has 0 saturated heterocycles. The largest absolute Gasteiger partial charge is 0.298 e. The van der Waals surface area contributed by atoms with E-state index in [0.717, 1.165) is 18.4 Å². The van der Waals surface area contributed by atoms with Gasteiger partial charge in [-0.15, -0.1) is 6.58 Å². The molecule has 0 aliphatic heterocycles. The molecule has 3 rings (SSSR count). The number of carbonyl (C=O) groups excluding carboxylic acids is 1. The smallest absolute Gasteiger partial charge is 0.151 e. The monoisotopic (exact) mass is 176 g/mol. The lowest BCUT2D eigenvalue weighted by atomic mass is 9.38. The average molecular weight is 176 g/mol. The number of fused-ring (bicyclic) bond motifs is 2. The summed E-state index contributed by atoms with van der Waals surface area (Å²) in [5.74, 6) is 0.597. The van der Waals surface area contributed by atoms with Crippen LogP contribution in [0.4, 0.5) is 0 Å². The Kier molecular flexibility index (Phi) is 1.44. The molecule has 3 saturated carbocycles. The number of allylic oxidation sites excluding steroid dienone is 2. The van der Waals surface area contributed by atoms with Gasteiger partial charge in [-0.3, -0.25) is 4.79 Å². The molecule has 0 amide bonds. The summed E-state index contributed by atoms with van der Waals surface area (Å²) < 4.78 is 0. The SMILES string of the molecule is C=C[C@]12C(=C)CC[C@H](C1=O)C2(C)C. The minimum atomic E-state index is -0.393. The van der Waals surface area contributed by atoms with Crippen LogP contribution in [0.25, 0.3) is 0 Å².